The smallest absolute Gasteiger partial charge is 0.322 e. The molecule has 1 aromatic carbocycles. The first-order chi connectivity index (χ1) is 7.70. The highest BCUT2D eigenvalue weighted by atomic mass is 16.5. The highest BCUT2D eigenvalue weighted by Crippen LogP contribution is 2.07. The summed E-state index contributed by atoms with van der Waals surface area (Å²) in [6.45, 7) is 0. The number of rotatable bonds is 4. The average Bonchev–Trinajstić information content (AvgIpc) is 2.35. The molecule has 16 heavy (non-hydrogen) atoms. The standard InChI is InChI=1S/C10H9N3O3/c1-16-10(15)8(12-13-11)9(14)7-5-3-2-4-6-7/h2-6,8H,1H3. The predicted molar refractivity (Wildman–Crippen MR) is 55.7 cm³/mol. The van der Waals surface area contributed by atoms with Gasteiger partial charge in [-0.05, 0) is 5.53 Å². The van der Waals surface area contributed by atoms with Gasteiger partial charge in [0.05, 0.1) is 7.11 Å². The van der Waals surface area contributed by atoms with Crippen LogP contribution < -0.4 is 0 Å². The second-order valence-electron chi connectivity index (χ2n) is 2.86. The fraction of sp³-hybridized carbons (Fsp3) is 0.200. The van der Waals surface area contributed by atoms with Crippen molar-refractivity contribution < 1.29 is 14.3 Å². The molecule has 0 aromatic heterocycles. The van der Waals surface area contributed by atoms with Gasteiger partial charge in [-0.2, -0.15) is 0 Å². The van der Waals surface area contributed by atoms with E-state index >= 15 is 0 Å². The molecular formula is C10H9N3O3. The summed E-state index contributed by atoms with van der Waals surface area (Å²) in [6, 6.07) is 6.64. The Bertz CT molecular complexity index is 438. The maximum Gasteiger partial charge on any atom is 0.322 e. The molecule has 1 atom stereocenters. The minimum atomic E-state index is -1.46. The van der Waals surface area contributed by atoms with Crippen molar-refractivity contribution in [2.24, 2.45) is 5.11 Å². The first kappa shape index (κ1) is 11.7. The third-order valence-electron chi connectivity index (χ3n) is 1.90. The van der Waals surface area contributed by atoms with Crippen molar-refractivity contribution in [1.82, 2.24) is 0 Å². The Labute approximate surface area is 91.5 Å². The average molecular weight is 219 g/mol. The number of Topliss-reactive ketones (excluding diaryl/α,β-unsaturated/α-hetero) is 1. The molecule has 1 rings (SSSR count). The van der Waals surface area contributed by atoms with Gasteiger partial charge in [0.2, 0.25) is 0 Å². The van der Waals surface area contributed by atoms with E-state index in [-0.39, 0.29) is 0 Å². The summed E-state index contributed by atoms with van der Waals surface area (Å²) >= 11 is 0. The van der Waals surface area contributed by atoms with Gasteiger partial charge in [0.1, 0.15) is 0 Å². The van der Waals surface area contributed by atoms with Gasteiger partial charge in [0, 0.05) is 10.5 Å². The molecule has 82 valence electrons. The van der Waals surface area contributed by atoms with Crippen molar-refractivity contribution >= 4 is 11.8 Å². The van der Waals surface area contributed by atoms with Crippen LogP contribution in [0.4, 0.5) is 0 Å². The molecule has 0 aliphatic carbocycles. The summed E-state index contributed by atoms with van der Waals surface area (Å²) in [7, 11) is 1.13. The Hall–Kier alpha value is -2.33. The zero-order chi connectivity index (χ0) is 12.0. The largest absolute Gasteiger partial charge is 0.468 e. The lowest BCUT2D eigenvalue weighted by Gasteiger charge is -2.07. The summed E-state index contributed by atoms with van der Waals surface area (Å²) in [5.41, 5.74) is 8.57. The van der Waals surface area contributed by atoms with Gasteiger partial charge in [-0.15, -0.1) is 0 Å². The van der Waals surface area contributed by atoms with Gasteiger partial charge in [-0.25, -0.2) is 0 Å². The van der Waals surface area contributed by atoms with Crippen molar-refractivity contribution in [3.05, 3.63) is 46.3 Å². The Morgan fingerprint density at radius 1 is 1.38 bits per heavy atom. The van der Waals surface area contributed by atoms with Crippen LogP contribution in [0.5, 0.6) is 0 Å². The van der Waals surface area contributed by atoms with E-state index in [1.165, 1.54) is 12.1 Å². The van der Waals surface area contributed by atoms with E-state index in [0.29, 0.717) is 5.56 Å². The van der Waals surface area contributed by atoms with Gasteiger partial charge >= 0.3 is 5.97 Å². The van der Waals surface area contributed by atoms with Crippen LogP contribution in [0.3, 0.4) is 0 Å². The Kier molecular flexibility index (Phi) is 4.06. The molecule has 0 fully saturated rings. The second kappa shape index (κ2) is 5.53. The number of azide groups is 1. The fourth-order valence-corrected chi connectivity index (χ4v) is 1.13. The number of hydrogen-bond donors (Lipinski definition) is 0. The third-order valence-corrected chi connectivity index (χ3v) is 1.90. The van der Waals surface area contributed by atoms with E-state index < -0.39 is 17.8 Å². The van der Waals surface area contributed by atoms with Crippen LogP contribution in [-0.2, 0) is 9.53 Å². The summed E-state index contributed by atoms with van der Waals surface area (Å²) in [5, 5.41) is 3.13. The summed E-state index contributed by atoms with van der Waals surface area (Å²) in [4.78, 5) is 25.4. The molecule has 0 spiro atoms. The van der Waals surface area contributed by atoms with Crippen LogP contribution in [0, 0.1) is 0 Å². The maximum absolute atomic E-state index is 11.8. The molecule has 0 radical (unpaired) electrons. The molecule has 1 unspecified atom stereocenters. The van der Waals surface area contributed by atoms with Crippen molar-refractivity contribution in [3.8, 4) is 0 Å². The summed E-state index contributed by atoms with van der Waals surface area (Å²) in [6.07, 6.45) is 0. The van der Waals surface area contributed by atoms with Crippen molar-refractivity contribution in [3.63, 3.8) is 0 Å². The quantitative estimate of drug-likeness (QED) is 0.193. The van der Waals surface area contributed by atoms with Crippen LogP contribution in [0.1, 0.15) is 10.4 Å². The minimum Gasteiger partial charge on any atom is -0.468 e. The van der Waals surface area contributed by atoms with Crippen LogP contribution in [0.2, 0.25) is 0 Å². The van der Waals surface area contributed by atoms with E-state index in [0.717, 1.165) is 7.11 Å². The molecule has 0 amide bonds. The van der Waals surface area contributed by atoms with Gasteiger partial charge in [-0.3, -0.25) is 9.59 Å². The van der Waals surface area contributed by atoms with Gasteiger partial charge in [0.25, 0.3) is 0 Å². The Morgan fingerprint density at radius 2 is 2.00 bits per heavy atom. The van der Waals surface area contributed by atoms with E-state index in [1.54, 1.807) is 18.2 Å². The van der Waals surface area contributed by atoms with Crippen LogP contribution >= 0.6 is 0 Å². The minimum absolute atomic E-state index is 0.297. The zero-order valence-electron chi connectivity index (χ0n) is 8.53. The van der Waals surface area contributed by atoms with E-state index in [1.807, 2.05) is 0 Å². The molecule has 0 saturated heterocycles. The lowest BCUT2D eigenvalue weighted by Crippen LogP contribution is -2.29. The van der Waals surface area contributed by atoms with Crippen LogP contribution in [0.25, 0.3) is 10.4 Å². The van der Waals surface area contributed by atoms with Gasteiger partial charge in [-0.1, -0.05) is 35.4 Å². The first-order valence-corrected chi connectivity index (χ1v) is 4.42. The lowest BCUT2D eigenvalue weighted by atomic mass is 10.1. The van der Waals surface area contributed by atoms with Gasteiger partial charge < -0.3 is 4.74 Å². The number of esters is 1. The molecule has 0 saturated carbocycles. The molecule has 0 bridgehead atoms. The first-order valence-electron chi connectivity index (χ1n) is 4.42. The molecule has 1 aromatic rings. The Morgan fingerprint density at radius 3 is 2.50 bits per heavy atom. The monoisotopic (exact) mass is 219 g/mol. The number of benzene rings is 1. The van der Waals surface area contributed by atoms with Crippen molar-refractivity contribution in [2.45, 2.75) is 6.04 Å². The van der Waals surface area contributed by atoms with E-state index in [4.69, 9.17) is 5.53 Å². The molecule has 0 heterocycles. The molecule has 0 aliphatic rings. The molecule has 6 nitrogen and oxygen atoms in total. The van der Waals surface area contributed by atoms with Gasteiger partial charge in [0.15, 0.2) is 11.8 Å². The number of hydrogen-bond acceptors (Lipinski definition) is 4. The summed E-state index contributed by atoms with van der Waals surface area (Å²) in [5.74, 6) is -1.45. The zero-order valence-corrected chi connectivity index (χ0v) is 8.53. The number of methoxy groups -OCH3 is 1. The molecule has 0 aliphatic heterocycles. The number of carbonyl (C=O) groups excluding carboxylic acids is 2. The number of ether oxygens (including phenoxy) is 1. The lowest BCUT2D eigenvalue weighted by molar-refractivity contribution is -0.140. The van der Waals surface area contributed by atoms with Crippen molar-refractivity contribution in [2.75, 3.05) is 7.11 Å². The van der Waals surface area contributed by atoms with E-state index in [2.05, 4.69) is 14.8 Å². The highest BCUT2D eigenvalue weighted by Gasteiger charge is 2.27. The highest BCUT2D eigenvalue weighted by molar-refractivity contribution is 6.12. The topological polar surface area (TPSA) is 92.1 Å². The second-order valence-corrected chi connectivity index (χ2v) is 2.86. The van der Waals surface area contributed by atoms with Crippen LogP contribution in [-0.4, -0.2) is 24.9 Å². The van der Waals surface area contributed by atoms with E-state index in [9.17, 15) is 9.59 Å². The third kappa shape index (κ3) is 2.59. The SMILES string of the molecule is COC(=O)C(N=[N+]=[N-])C(=O)c1ccccc1. The number of carbonyl (C=O) groups is 2. The summed E-state index contributed by atoms with van der Waals surface area (Å²) < 4.78 is 4.38. The van der Waals surface area contributed by atoms with Crippen LogP contribution in [0.15, 0.2) is 35.4 Å². The molecule has 6 heteroatoms. The normalized spacial score (nSPS) is 11.1. The fourth-order valence-electron chi connectivity index (χ4n) is 1.13. The predicted octanol–water partition coefficient (Wildman–Crippen LogP) is 1.72. The van der Waals surface area contributed by atoms with Crippen molar-refractivity contribution in [1.29, 1.82) is 0 Å². The number of nitrogens with zero attached hydrogens (tertiary/aromatic N) is 3. The number of ketones is 1. The maximum atomic E-state index is 11.8. The molecular weight excluding hydrogens is 210 g/mol. The molecule has 0 N–H and O–H groups in total. The Balaban J connectivity index is 3.01.